The molecule has 0 spiro atoms. The molecule has 0 radical (unpaired) electrons. The lowest BCUT2D eigenvalue weighted by molar-refractivity contribution is -0.384. The molecule has 3 rings (SSSR count). The summed E-state index contributed by atoms with van der Waals surface area (Å²) in [4.78, 5) is 29.7. The summed E-state index contributed by atoms with van der Waals surface area (Å²) in [5.41, 5.74) is 0.696. The molecule has 0 aliphatic rings. The van der Waals surface area contributed by atoms with Crippen LogP contribution < -0.4 is 15.8 Å². The van der Waals surface area contributed by atoms with Gasteiger partial charge in [0.15, 0.2) is 0 Å². The number of anilines is 3. The number of benzene rings is 2. The first-order valence-electron chi connectivity index (χ1n) is 8.61. The van der Waals surface area contributed by atoms with Crippen LogP contribution in [0, 0.1) is 10.1 Å². The molecule has 0 unspecified atom stereocenters. The highest BCUT2D eigenvalue weighted by Gasteiger charge is 2.18. The van der Waals surface area contributed by atoms with Gasteiger partial charge in [0.25, 0.3) is 0 Å². The highest BCUT2D eigenvalue weighted by atomic mass is 32.2. The van der Waals surface area contributed by atoms with Crippen molar-refractivity contribution in [3.63, 3.8) is 0 Å². The summed E-state index contributed by atoms with van der Waals surface area (Å²) in [6.45, 7) is 0.108. The minimum absolute atomic E-state index is 0.0141. The van der Waals surface area contributed by atoms with Gasteiger partial charge in [-0.1, -0.05) is 18.2 Å². The minimum atomic E-state index is -3.82. The van der Waals surface area contributed by atoms with Crippen molar-refractivity contribution >= 4 is 39.1 Å². The summed E-state index contributed by atoms with van der Waals surface area (Å²) in [5.74, 6) is -1.17. The summed E-state index contributed by atoms with van der Waals surface area (Å²) in [6.07, 6.45) is 1.02. The molecule has 2 aromatic carbocycles. The Morgan fingerprint density at radius 3 is 2.52 bits per heavy atom. The zero-order valence-corrected chi connectivity index (χ0v) is 16.5. The molecule has 1 heterocycles. The van der Waals surface area contributed by atoms with Crippen molar-refractivity contribution in [3.8, 4) is 0 Å². The fourth-order valence-corrected chi connectivity index (χ4v) is 3.06. The van der Waals surface area contributed by atoms with Crippen LogP contribution in [0.4, 0.5) is 23.1 Å². The lowest BCUT2D eigenvalue weighted by Crippen LogP contribution is -2.12. The minimum Gasteiger partial charge on any atom is -0.478 e. The topological polar surface area (TPSA) is 190 Å². The third-order valence-corrected chi connectivity index (χ3v) is 4.97. The van der Waals surface area contributed by atoms with E-state index in [1.807, 2.05) is 0 Å². The van der Waals surface area contributed by atoms with Gasteiger partial charge in [-0.2, -0.15) is 4.98 Å². The lowest BCUT2D eigenvalue weighted by Gasteiger charge is -2.10. The monoisotopic (exact) mass is 444 g/mol. The normalized spacial score (nSPS) is 11.0. The molecule has 0 fully saturated rings. The second-order valence-corrected chi connectivity index (χ2v) is 7.80. The Kier molecular flexibility index (Phi) is 6.08. The first kappa shape index (κ1) is 21.6. The number of nitrogens with zero attached hydrogens (tertiary/aromatic N) is 3. The molecular formula is C18H16N6O6S. The Hall–Kier alpha value is -4.10. The number of hydrogen-bond donors (Lipinski definition) is 4. The number of carboxylic acid groups (broad SMARTS) is 1. The predicted molar refractivity (Wildman–Crippen MR) is 111 cm³/mol. The number of nitrogens with one attached hydrogen (secondary N) is 2. The van der Waals surface area contributed by atoms with Gasteiger partial charge in [-0.15, -0.1) is 0 Å². The van der Waals surface area contributed by atoms with Gasteiger partial charge in [0.05, 0.1) is 15.4 Å². The van der Waals surface area contributed by atoms with Crippen molar-refractivity contribution in [3.05, 3.63) is 76.0 Å². The Labute approximate surface area is 176 Å². The van der Waals surface area contributed by atoms with Crippen LogP contribution in [0.1, 0.15) is 15.9 Å². The van der Waals surface area contributed by atoms with Crippen LogP contribution in [0.3, 0.4) is 0 Å². The van der Waals surface area contributed by atoms with Gasteiger partial charge in [0, 0.05) is 12.2 Å². The van der Waals surface area contributed by atoms with E-state index in [4.69, 9.17) is 10.2 Å². The Balaban J connectivity index is 1.81. The van der Waals surface area contributed by atoms with Crippen molar-refractivity contribution in [1.82, 2.24) is 9.97 Å². The highest BCUT2D eigenvalue weighted by molar-refractivity contribution is 7.89. The second-order valence-electron chi connectivity index (χ2n) is 6.24. The van der Waals surface area contributed by atoms with Crippen LogP contribution in [-0.2, 0) is 16.6 Å². The van der Waals surface area contributed by atoms with E-state index in [0.717, 1.165) is 6.20 Å². The molecule has 0 atom stereocenters. The van der Waals surface area contributed by atoms with Crippen molar-refractivity contribution in [2.45, 2.75) is 11.4 Å². The summed E-state index contributed by atoms with van der Waals surface area (Å²) in [6, 6.07) is 11.6. The van der Waals surface area contributed by atoms with Gasteiger partial charge in [-0.25, -0.2) is 23.3 Å². The van der Waals surface area contributed by atoms with Gasteiger partial charge in [-0.3, -0.25) is 10.1 Å². The smallest absolute Gasteiger partial charge is 0.335 e. The van der Waals surface area contributed by atoms with E-state index in [9.17, 15) is 23.3 Å². The maximum Gasteiger partial charge on any atom is 0.335 e. The third kappa shape index (κ3) is 5.49. The zero-order valence-electron chi connectivity index (χ0n) is 15.7. The van der Waals surface area contributed by atoms with Crippen LogP contribution in [0.25, 0.3) is 0 Å². The first-order chi connectivity index (χ1) is 14.6. The van der Waals surface area contributed by atoms with Gasteiger partial charge in [0.2, 0.25) is 21.8 Å². The SMILES string of the molecule is NS(=O)(=O)c1ccc(CNc2nc(Nc3cccc(C(=O)O)c3)ncc2[N+](=O)[O-])cc1. The third-order valence-electron chi connectivity index (χ3n) is 4.04. The molecule has 31 heavy (non-hydrogen) atoms. The van der Waals surface area contributed by atoms with E-state index >= 15 is 0 Å². The van der Waals surface area contributed by atoms with E-state index in [-0.39, 0.29) is 34.5 Å². The van der Waals surface area contributed by atoms with Gasteiger partial charge in [0.1, 0.15) is 6.20 Å². The van der Waals surface area contributed by atoms with Gasteiger partial charge < -0.3 is 15.7 Å². The van der Waals surface area contributed by atoms with E-state index < -0.39 is 20.9 Å². The molecule has 0 aliphatic carbocycles. The fraction of sp³-hybridized carbons (Fsp3) is 0.0556. The van der Waals surface area contributed by atoms with Gasteiger partial charge >= 0.3 is 11.7 Å². The van der Waals surface area contributed by atoms with Crippen molar-refractivity contribution in [2.75, 3.05) is 10.6 Å². The predicted octanol–water partition coefficient (Wildman–Crippen LogP) is 2.09. The van der Waals surface area contributed by atoms with E-state index in [1.165, 1.54) is 42.5 Å². The van der Waals surface area contributed by atoms with Gasteiger partial charge in [-0.05, 0) is 35.9 Å². The average molecular weight is 444 g/mol. The van der Waals surface area contributed by atoms with Crippen molar-refractivity contribution in [1.29, 1.82) is 0 Å². The number of carbonyl (C=O) groups is 1. The molecule has 1 aromatic heterocycles. The highest BCUT2D eigenvalue weighted by Crippen LogP contribution is 2.24. The molecule has 13 heteroatoms. The second kappa shape index (κ2) is 8.73. The number of aromatic carboxylic acids is 1. The van der Waals surface area contributed by atoms with E-state index in [1.54, 1.807) is 6.07 Å². The number of nitrogens with two attached hydrogens (primary N) is 1. The van der Waals surface area contributed by atoms with Crippen molar-refractivity contribution in [2.24, 2.45) is 5.14 Å². The number of sulfonamides is 1. The number of primary sulfonamides is 1. The fourth-order valence-electron chi connectivity index (χ4n) is 2.54. The molecule has 0 saturated carbocycles. The molecule has 0 bridgehead atoms. The maximum atomic E-state index is 11.3. The summed E-state index contributed by atoms with van der Waals surface area (Å²) in [5, 5.41) is 31.0. The standard InChI is InChI=1S/C18H16N6O6S/c19-31(29,30)14-6-4-11(5-7-14)9-20-16-15(24(27)28)10-21-18(23-16)22-13-3-1-2-12(8-13)17(25)26/h1-8,10H,9H2,(H,25,26)(H2,19,29,30)(H2,20,21,22,23). The van der Waals surface area contributed by atoms with Crippen LogP contribution >= 0.6 is 0 Å². The Morgan fingerprint density at radius 2 is 1.90 bits per heavy atom. The summed E-state index contributed by atoms with van der Waals surface area (Å²) < 4.78 is 22.6. The van der Waals surface area contributed by atoms with Crippen LogP contribution in [0.5, 0.6) is 0 Å². The quantitative estimate of drug-likeness (QED) is 0.295. The largest absolute Gasteiger partial charge is 0.478 e. The molecule has 0 amide bonds. The maximum absolute atomic E-state index is 11.3. The molecular weight excluding hydrogens is 428 g/mol. The van der Waals surface area contributed by atoms with E-state index in [2.05, 4.69) is 20.6 Å². The molecule has 0 saturated heterocycles. The summed E-state index contributed by atoms with van der Waals surface area (Å²) >= 11 is 0. The van der Waals surface area contributed by atoms with Crippen LogP contribution in [0.15, 0.2) is 59.6 Å². The number of rotatable bonds is 8. The van der Waals surface area contributed by atoms with Crippen LogP contribution in [-0.4, -0.2) is 34.4 Å². The number of aromatic nitrogens is 2. The summed E-state index contributed by atoms with van der Waals surface area (Å²) in [7, 11) is -3.82. The van der Waals surface area contributed by atoms with E-state index in [0.29, 0.717) is 11.3 Å². The zero-order chi connectivity index (χ0) is 22.6. The first-order valence-corrected chi connectivity index (χ1v) is 10.2. The number of hydrogen-bond acceptors (Lipinski definition) is 9. The number of carboxylic acids is 1. The number of nitro groups is 1. The van der Waals surface area contributed by atoms with Crippen molar-refractivity contribution < 1.29 is 23.2 Å². The lowest BCUT2D eigenvalue weighted by atomic mass is 10.2. The molecule has 160 valence electrons. The molecule has 12 nitrogen and oxygen atoms in total. The molecule has 3 aromatic rings. The molecule has 0 aliphatic heterocycles. The average Bonchev–Trinajstić information content (AvgIpc) is 2.72. The Bertz CT molecular complexity index is 1250. The Morgan fingerprint density at radius 1 is 1.19 bits per heavy atom. The molecule has 5 N–H and O–H groups in total. The van der Waals surface area contributed by atoms with Crippen LogP contribution in [0.2, 0.25) is 0 Å².